The van der Waals surface area contributed by atoms with Crippen molar-refractivity contribution in [1.29, 1.82) is 0 Å². The zero-order valence-electron chi connectivity index (χ0n) is 20.6. The molecular formula is C26H31Cl2FN4OS2. The van der Waals surface area contributed by atoms with Gasteiger partial charge in [-0.25, -0.2) is 4.72 Å². The summed E-state index contributed by atoms with van der Waals surface area (Å²) in [5.41, 5.74) is 2.86. The number of likely N-dealkylation sites (tertiary alicyclic amines) is 1. The van der Waals surface area contributed by atoms with Gasteiger partial charge in [0.1, 0.15) is 11.9 Å². The molecule has 194 valence electrons. The zero-order chi connectivity index (χ0) is 25.8. The predicted octanol–water partition coefficient (Wildman–Crippen LogP) is 7.60. The first-order valence-electron chi connectivity index (χ1n) is 11.9. The number of hydrogen-bond donors (Lipinski definition) is 2. The van der Waals surface area contributed by atoms with Crippen molar-refractivity contribution in [2.24, 2.45) is 5.41 Å². The maximum atomic E-state index is 13.6. The first-order valence-corrected chi connectivity index (χ1v) is 14.2. The Morgan fingerprint density at radius 3 is 2.78 bits per heavy atom. The topological polar surface area (TPSA) is 49.4 Å². The van der Waals surface area contributed by atoms with Crippen molar-refractivity contribution in [3.8, 4) is 5.75 Å². The standard InChI is InChI=1S/C26H31Cl2FN4OS2/c1-18-4-5-19(15-30-18)25(2,3)33-13-12-26(17-33,11-10-21-7-9-24(29)35-21)16-31-36-32-22-8-6-20(27)14-23(22)34-28/h4-9,14-15,31-32H,10-13,16-17H2,1-3H3. The SMILES string of the molecule is Cc1ccc(C(C)(C)N2CCC(CCc3ccc(F)s3)(CNSNc3ccc(Cl)cc3OCl)C2)cn1. The van der Waals surface area contributed by atoms with Crippen molar-refractivity contribution in [1.82, 2.24) is 14.6 Å². The molecule has 1 aromatic carbocycles. The third-order valence-corrected chi connectivity index (χ3v) is 9.03. The van der Waals surface area contributed by atoms with Crippen molar-refractivity contribution in [3.63, 3.8) is 0 Å². The molecule has 10 heteroatoms. The molecule has 2 aromatic heterocycles. The summed E-state index contributed by atoms with van der Waals surface area (Å²) < 4.78 is 25.3. The number of anilines is 1. The number of pyridine rings is 1. The van der Waals surface area contributed by atoms with Gasteiger partial charge in [-0.15, -0.1) is 11.3 Å². The Morgan fingerprint density at radius 1 is 1.25 bits per heavy atom. The molecule has 0 aliphatic carbocycles. The fraction of sp³-hybridized carbons (Fsp3) is 0.423. The van der Waals surface area contributed by atoms with Crippen LogP contribution < -0.4 is 13.7 Å². The van der Waals surface area contributed by atoms with Crippen LogP contribution in [0.3, 0.4) is 0 Å². The van der Waals surface area contributed by atoms with Crippen LogP contribution in [0.15, 0.2) is 48.7 Å². The van der Waals surface area contributed by atoms with E-state index in [2.05, 4.69) is 45.3 Å². The van der Waals surface area contributed by atoms with Crippen molar-refractivity contribution in [3.05, 3.63) is 74.9 Å². The molecule has 4 rings (SSSR count). The van der Waals surface area contributed by atoms with E-state index in [1.165, 1.54) is 29.0 Å². The Kier molecular flexibility index (Phi) is 9.07. The number of aryl methyl sites for hydroxylation is 2. The van der Waals surface area contributed by atoms with Gasteiger partial charge in [0, 0.05) is 58.6 Å². The van der Waals surface area contributed by atoms with Gasteiger partial charge in [-0.1, -0.05) is 17.7 Å². The van der Waals surface area contributed by atoms with E-state index >= 15 is 0 Å². The molecule has 2 N–H and O–H groups in total. The van der Waals surface area contributed by atoms with Gasteiger partial charge in [-0.3, -0.25) is 9.88 Å². The summed E-state index contributed by atoms with van der Waals surface area (Å²) in [4.78, 5) is 8.16. The predicted molar refractivity (Wildman–Crippen MR) is 150 cm³/mol. The summed E-state index contributed by atoms with van der Waals surface area (Å²) in [5, 5.41) is 0.425. The van der Waals surface area contributed by atoms with E-state index in [0.29, 0.717) is 10.8 Å². The van der Waals surface area contributed by atoms with Gasteiger partial charge in [0.25, 0.3) is 0 Å². The average molecular weight is 570 g/mol. The molecule has 0 amide bonds. The van der Waals surface area contributed by atoms with Gasteiger partial charge in [0.05, 0.1) is 5.69 Å². The van der Waals surface area contributed by atoms with E-state index in [0.717, 1.165) is 55.2 Å². The second-order valence-corrected chi connectivity index (χ2v) is 12.3. The highest BCUT2D eigenvalue weighted by Crippen LogP contribution is 2.42. The van der Waals surface area contributed by atoms with Gasteiger partial charge in [-0.05, 0) is 87.9 Å². The largest absolute Gasteiger partial charge is 0.383 e. The summed E-state index contributed by atoms with van der Waals surface area (Å²) in [5.74, 6) is 0.466. The van der Waals surface area contributed by atoms with Crippen LogP contribution >= 0.6 is 46.9 Å². The third-order valence-electron chi connectivity index (χ3n) is 7.08. The molecule has 1 fully saturated rings. The molecule has 0 spiro atoms. The second-order valence-electron chi connectivity index (χ2n) is 9.87. The van der Waals surface area contributed by atoms with E-state index in [4.69, 9.17) is 27.8 Å². The summed E-state index contributed by atoms with van der Waals surface area (Å²) in [6.07, 6.45) is 4.87. The molecule has 1 aliphatic heterocycles. The lowest BCUT2D eigenvalue weighted by atomic mass is 9.82. The first kappa shape index (κ1) is 27.5. The zero-order valence-corrected chi connectivity index (χ0v) is 23.8. The molecule has 0 saturated carbocycles. The lowest BCUT2D eigenvalue weighted by Gasteiger charge is -2.38. The number of nitrogens with one attached hydrogen (secondary N) is 2. The summed E-state index contributed by atoms with van der Waals surface area (Å²) in [7, 11) is 0. The van der Waals surface area contributed by atoms with Crippen molar-refractivity contribution >= 4 is 52.6 Å². The summed E-state index contributed by atoms with van der Waals surface area (Å²) in [6.45, 7) is 9.26. The number of nitrogens with zero attached hydrogens (tertiary/aromatic N) is 2. The van der Waals surface area contributed by atoms with Crippen molar-refractivity contribution in [2.45, 2.75) is 45.6 Å². The van der Waals surface area contributed by atoms with Gasteiger partial charge >= 0.3 is 0 Å². The van der Waals surface area contributed by atoms with Gasteiger partial charge in [-0.2, -0.15) is 4.39 Å². The Morgan fingerprint density at radius 2 is 2.08 bits per heavy atom. The van der Waals surface area contributed by atoms with Gasteiger partial charge in [0.2, 0.25) is 0 Å². The van der Waals surface area contributed by atoms with Crippen LogP contribution in [0, 0.1) is 17.5 Å². The minimum atomic E-state index is -0.140. The smallest absolute Gasteiger partial charge is 0.176 e. The van der Waals surface area contributed by atoms with Crippen molar-refractivity contribution in [2.75, 3.05) is 24.4 Å². The van der Waals surface area contributed by atoms with E-state index in [1.54, 1.807) is 18.2 Å². The van der Waals surface area contributed by atoms with Crippen molar-refractivity contribution < 1.29 is 8.68 Å². The highest BCUT2D eigenvalue weighted by molar-refractivity contribution is 7.98. The van der Waals surface area contributed by atoms with Crippen LogP contribution in [0.1, 0.15) is 42.8 Å². The van der Waals surface area contributed by atoms with Crippen LogP contribution in [-0.4, -0.2) is 29.5 Å². The maximum Gasteiger partial charge on any atom is 0.176 e. The molecule has 36 heavy (non-hydrogen) atoms. The summed E-state index contributed by atoms with van der Waals surface area (Å²) >= 11 is 14.3. The molecule has 5 nitrogen and oxygen atoms in total. The Labute approximate surface area is 231 Å². The maximum absolute atomic E-state index is 13.6. The lowest BCUT2D eigenvalue weighted by Crippen LogP contribution is -2.43. The lowest BCUT2D eigenvalue weighted by molar-refractivity contribution is 0.129. The molecule has 1 aliphatic rings. The van der Waals surface area contributed by atoms with E-state index in [9.17, 15) is 4.39 Å². The summed E-state index contributed by atoms with van der Waals surface area (Å²) in [6, 6.07) is 13.0. The van der Waals surface area contributed by atoms with Gasteiger partial charge in [0.15, 0.2) is 10.9 Å². The highest BCUT2D eigenvalue weighted by atomic mass is 35.5. The molecule has 0 bridgehead atoms. The Bertz CT molecular complexity index is 1160. The number of aromatic nitrogens is 1. The van der Waals surface area contributed by atoms with Crippen LogP contribution in [-0.2, 0) is 12.0 Å². The monoisotopic (exact) mass is 568 g/mol. The number of hydrogen-bond acceptors (Lipinski definition) is 7. The van der Waals surface area contributed by atoms with E-state index in [-0.39, 0.29) is 16.1 Å². The number of benzene rings is 1. The molecule has 0 radical (unpaired) electrons. The minimum Gasteiger partial charge on any atom is -0.383 e. The first-order chi connectivity index (χ1) is 17.2. The molecular weight excluding hydrogens is 538 g/mol. The molecule has 1 atom stereocenters. The van der Waals surface area contributed by atoms with E-state index in [1.807, 2.05) is 25.3 Å². The second kappa shape index (κ2) is 11.9. The van der Waals surface area contributed by atoms with Crippen LogP contribution in [0.5, 0.6) is 5.75 Å². The van der Waals surface area contributed by atoms with E-state index < -0.39 is 0 Å². The number of rotatable bonds is 11. The quantitative estimate of drug-likeness (QED) is 0.183. The normalized spacial score (nSPS) is 18.5. The third kappa shape index (κ3) is 6.65. The molecule has 1 saturated heterocycles. The molecule has 3 aromatic rings. The minimum absolute atomic E-state index is 0.0380. The van der Waals surface area contributed by atoms with Gasteiger partial charge < -0.3 is 9.01 Å². The Hall–Kier alpha value is -1.55. The van der Waals surface area contributed by atoms with Crippen LogP contribution in [0.25, 0.3) is 0 Å². The number of halogens is 3. The average Bonchev–Trinajstić information content (AvgIpc) is 3.48. The highest BCUT2D eigenvalue weighted by Gasteiger charge is 2.43. The molecule has 1 unspecified atom stereocenters. The number of thiophene rings is 1. The van der Waals surface area contributed by atoms with Crippen LogP contribution in [0.2, 0.25) is 5.02 Å². The van der Waals surface area contributed by atoms with Crippen LogP contribution in [0.4, 0.5) is 10.1 Å². The molecule has 3 heterocycles. The Balaban J connectivity index is 1.44. The fourth-order valence-corrected chi connectivity index (χ4v) is 6.41. The fourth-order valence-electron chi connectivity index (χ4n) is 4.66.